The van der Waals surface area contributed by atoms with E-state index in [1.165, 1.54) is 5.56 Å². The van der Waals surface area contributed by atoms with Gasteiger partial charge in [-0.25, -0.2) is 0 Å². The van der Waals surface area contributed by atoms with Crippen LogP contribution in [0.5, 0.6) is 0 Å². The van der Waals surface area contributed by atoms with E-state index in [9.17, 15) is 4.79 Å². The lowest BCUT2D eigenvalue weighted by Gasteiger charge is -2.16. The predicted molar refractivity (Wildman–Crippen MR) is 54.9 cm³/mol. The number of rotatable bonds is 4. The zero-order valence-electron chi connectivity index (χ0n) is 8.16. The SMILES string of the molecule is CCCN(C=O)c1cccc(C)c1. The molecule has 0 aliphatic carbocycles. The van der Waals surface area contributed by atoms with Gasteiger partial charge < -0.3 is 4.90 Å². The molecule has 1 aromatic rings. The molecule has 13 heavy (non-hydrogen) atoms. The molecule has 0 bridgehead atoms. The van der Waals surface area contributed by atoms with E-state index in [-0.39, 0.29) is 0 Å². The Hall–Kier alpha value is -1.31. The number of hydrogen-bond acceptors (Lipinski definition) is 1. The first kappa shape index (κ1) is 9.78. The first-order valence-corrected chi connectivity index (χ1v) is 4.56. The van der Waals surface area contributed by atoms with Crippen LogP contribution in [0, 0.1) is 6.92 Å². The second-order valence-electron chi connectivity index (χ2n) is 3.14. The normalized spacial score (nSPS) is 9.69. The molecule has 1 rings (SSSR count). The summed E-state index contributed by atoms with van der Waals surface area (Å²) in [6, 6.07) is 7.97. The summed E-state index contributed by atoms with van der Waals surface area (Å²) in [6.45, 7) is 4.87. The smallest absolute Gasteiger partial charge is 0.214 e. The largest absolute Gasteiger partial charge is 0.315 e. The highest BCUT2D eigenvalue weighted by Gasteiger charge is 2.02. The summed E-state index contributed by atoms with van der Waals surface area (Å²) in [5.41, 5.74) is 2.16. The Morgan fingerprint density at radius 2 is 2.23 bits per heavy atom. The molecule has 0 radical (unpaired) electrons. The summed E-state index contributed by atoms with van der Waals surface area (Å²) in [5.74, 6) is 0. The van der Waals surface area contributed by atoms with Crippen LogP contribution in [0.1, 0.15) is 18.9 Å². The molecule has 0 unspecified atom stereocenters. The lowest BCUT2D eigenvalue weighted by atomic mass is 10.2. The molecule has 0 N–H and O–H groups in total. The van der Waals surface area contributed by atoms with Crippen molar-refractivity contribution >= 4 is 12.1 Å². The fourth-order valence-electron chi connectivity index (χ4n) is 1.29. The van der Waals surface area contributed by atoms with Crippen molar-refractivity contribution in [3.8, 4) is 0 Å². The van der Waals surface area contributed by atoms with Crippen molar-refractivity contribution < 1.29 is 4.79 Å². The number of carbonyl (C=O) groups is 1. The van der Waals surface area contributed by atoms with Gasteiger partial charge >= 0.3 is 0 Å². The molecule has 0 heterocycles. The summed E-state index contributed by atoms with van der Waals surface area (Å²) in [4.78, 5) is 12.5. The molecule has 0 fully saturated rings. The van der Waals surface area contributed by atoms with Crippen molar-refractivity contribution in [3.05, 3.63) is 29.8 Å². The minimum atomic E-state index is 0.785. The van der Waals surface area contributed by atoms with Gasteiger partial charge in [0.15, 0.2) is 0 Å². The topological polar surface area (TPSA) is 20.3 Å². The Labute approximate surface area is 79.2 Å². The third-order valence-corrected chi connectivity index (χ3v) is 1.93. The second-order valence-corrected chi connectivity index (χ2v) is 3.14. The zero-order chi connectivity index (χ0) is 9.68. The van der Waals surface area contributed by atoms with E-state index in [2.05, 4.69) is 6.92 Å². The van der Waals surface area contributed by atoms with Gasteiger partial charge in [0.2, 0.25) is 6.41 Å². The van der Waals surface area contributed by atoms with Gasteiger partial charge in [-0.05, 0) is 31.0 Å². The van der Waals surface area contributed by atoms with Crippen molar-refractivity contribution in [2.45, 2.75) is 20.3 Å². The third kappa shape index (κ3) is 2.58. The molecule has 0 aliphatic heterocycles. The summed E-state index contributed by atoms with van der Waals surface area (Å²) in [5, 5.41) is 0. The fraction of sp³-hybridized carbons (Fsp3) is 0.364. The molecule has 1 amide bonds. The first-order chi connectivity index (χ1) is 6.27. The van der Waals surface area contributed by atoms with E-state index in [1.807, 2.05) is 31.2 Å². The number of carbonyl (C=O) groups excluding carboxylic acids is 1. The molecule has 2 heteroatoms. The second kappa shape index (κ2) is 4.65. The van der Waals surface area contributed by atoms with Gasteiger partial charge in [0, 0.05) is 12.2 Å². The maximum atomic E-state index is 10.7. The minimum absolute atomic E-state index is 0.785. The zero-order valence-corrected chi connectivity index (χ0v) is 8.16. The van der Waals surface area contributed by atoms with Crippen LogP contribution in [0.4, 0.5) is 5.69 Å². The van der Waals surface area contributed by atoms with Crippen molar-refractivity contribution in [1.29, 1.82) is 0 Å². The lowest BCUT2D eigenvalue weighted by molar-refractivity contribution is -0.107. The van der Waals surface area contributed by atoms with Gasteiger partial charge in [-0.15, -0.1) is 0 Å². The van der Waals surface area contributed by atoms with Gasteiger partial charge in [0.1, 0.15) is 0 Å². The predicted octanol–water partition coefficient (Wildman–Crippen LogP) is 2.37. The Morgan fingerprint density at radius 3 is 2.77 bits per heavy atom. The summed E-state index contributed by atoms with van der Waals surface area (Å²) < 4.78 is 0. The van der Waals surface area contributed by atoms with E-state index in [1.54, 1.807) is 4.90 Å². The average molecular weight is 177 g/mol. The van der Waals surface area contributed by atoms with Gasteiger partial charge in [0.05, 0.1) is 0 Å². The summed E-state index contributed by atoms with van der Waals surface area (Å²) >= 11 is 0. The van der Waals surface area contributed by atoms with E-state index >= 15 is 0 Å². The Morgan fingerprint density at radius 1 is 1.46 bits per heavy atom. The number of amides is 1. The van der Waals surface area contributed by atoms with Crippen LogP contribution < -0.4 is 4.90 Å². The molecule has 0 aromatic heterocycles. The first-order valence-electron chi connectivity index (χ1n) is 4.56. The van der Waals surface area contributed by atoms with Crippen molar-refractivity contribution in [1.82, 2.24) is 0 Å². The van der Waals surface area contributed by atoms with Crippen molar-refractivity contribution in [2.24, 2.45) is 0 Å². The molecule has 0 saturated carbocycles. The molecule has 0 atom stereocenters. The van der Waals surface area contributed by atoms with E-state index in [0.29, 0.717) is 0 Å². The van der Waals surface area contributed by atoms with Gasteiger partial charge in [-0.2, -0.15) is 0 Å². The summed E-state index contributed by atoms with van der Waals surface area (Å²) in [7, 11) is 0. The molecule has 0 spiro atoms. The molecule has 70 valence electrons. The van der Waals surface area contributed by atoms with Crippen LogP contribution >= 0.6 is 0 Å². The third-order valence-electron chi connectivity index (χ3n) is 1.93. The van der Waals surface area contributed by atoms with Crippen LogP contribution in [-0.2, 0) is 4.79 Å². The summed E-state index contributed by atoms with van der Waals surface area (Å²) in [6.07, 6.45) is 1.87. The highest BCUT2D eigenvalue weighted by molar-refractivity contribution is 5.75. The minimum Gasteiger partial charge on any atom is -0.315 e. The molecule has 0 aliphatic rings. The maximum absolute atomic E-state index is 10.7. The maximum Gasteiger partial charge on any atom is 0.214 e. The fourth-order valence-corrected chi connectivity index (χ4v) is 1.29. The molecule has 1 aromatic carbocycles. The average Bonchev–Trinajstić information content (AvgIpc) is 2.14. The van der Waals surface area contributed by atoms with Gasteiger partial charge in [0.25, 0.3) is 0 Å². The highest BCUT2D eigenvalue weighted by atomic mass is 16.1. The number of nitrogens with zero attached hydrogens (tertiary/aromatic N) is 1. The highest BCUT2D eigenvalue weighted by Crippen LogP contribution is 2.14. The van der Waals surface area contributed by atoms with Crippen LogP contribution in [0.15, 0.2) is 24.3 Å². The van der Waals surface area contributed by atoms with E-state index in [0.717, 1.165) is 25.1 Å². The van der Waals surface area contributed by atoms with Crippen LogP contribution in [0.3, 0.4) is 0 Å². The standard InChI is InChI=1S/C11H15NO/c1-3-7-12(9-13)11-6-4-5-10(2)8-11/h4-6,8-9H,3,7H2,1-2H3. The Bertz CT molecular complexity index is 283. The quantitative estimate of drug-likeness (QED) is 0.646. The Kier molecular flexibility index (Phi) is 3.50. The van der Waals surface area contributed by atoms with Crippen LogP contribution in [0.2, 0.25) is 0 Å². The van der Waals surface area contributed by atoms with Crippen molar-refractivity contribution in [2.75, 3.05) is 11.4 Å². The Balaban J connectivity index is 2.84. The van der Waals surface area contributed by atoms with Gasteiger partial charge in [-0.3, -0.25) is 4.79 Å². The molecule has 2 nitrogen and oxygen atoms in total. The molecular formula is C11H15NO. The number of anilines is 1. The molecule has 0 saturated heterocycles. The van der Waals surface area contributed by atoms with Crippen LogP contribution in [-0.4, -0.2) is 13.0 Å². The van der Waals surface area contributed by atoms with Crippen molar-refractivity contribution in [3.63, 3.8) is 0 Å². The number of aryl methyl sites for hydroxylation is 1. The van der Waals surface area contributed by atoms with E-state index < -0.39 is 0 Å². The lowest BCUT2D eigenvalue weighted by Crippen LogP contribution is -2.21. The molecular weight excluding hydrogens is 162 g/mol. The van der Waals surface area contributed by atoms with E-state index in [4.69, 9.17) is 0 Å². The van der Waals surface area contributed by atoms with Crippen LogP contribution in [0.25, 0.3) is 0 Å². The number of benzene rings is 1. The monoisotopic (exact) mass is 177 g/mol. The van der Waals surface area contributed by atoms with Gasteiger partial charge in [-0.1, -0.05) is 19.1 Å². The number of hydrogen-bond donors (Lipinski definition) is 0.